The van der Waals surface area contributed by atoms with Crippen molar-refractivity contribution in [3.05, 3.63) is 23.8 Å². The van der Waals surface area contributed by atoms with E-state index in [9.17, 15) is 0 Å². The van der Waals surface area contributed by atoms with Gasteiger partial charge in [-0.15, -0.1) is 0 Å². The fraction of sp³-hybridized carbons (Fsp3) is 0.647. The fourth-order valence-corrected chi connectivity index (χ4v) is 3.72. The molecule has 1 unspecified atom stereocenters. The largest absolute Gasteiger partial charge is 0.493 e. The highest BCUT2D eigenvalue weighted by Gasteiger charge is 2.17. The number of alkyl halides is 1. The monoisotopic (exact) mass is 340 g/mol. The summed E-state index contributed by atoms with van der Waals surface area (Å²) in [7, 11) is 3.36. The topological polar surface area (TPSA) is 18.5 Å². The van der Waals surface area contributed by atoms with Crippen LogP contribution in [0.1, 0.15) is 44.1 Å². The van der Waals surface area contributed by atoms with Crippen LogP contribution in [-0.4, -0.2) is 19.0 Å². The second-order valence-corrected chi connectivity index (χ2v) is 7.01. The number of ether oxygens (including phenoxy) is 2. The van der Waals surface area contributed by atoms with Gasteiger partial charge in [-0.2, -0.15) is 0 Å². The second-order valence-electron chi connectivity index (χ2n) is 5.72. The minimum Gasteiger partial charge on any atom is -0.493 e. The van der Waals surface area contributed by atoms with Crippen molar-refractivity contribution in [3.63, 3.8) is 0 Å². The summed E-state index contributed by atoms with van der Waals surface area (Å²) in [6, 6.07) is 6.21. The Bertz CT molecular complexity index is 413. The third kappa shape index (κ3) is 4.41. The summed E-state index contributed by atoms with van der Waals surface area (Å²) in [6.45, 7) is 0. The Morgan fingerprint density at radius 3 is 2.50 bits per heavy atom. The summed E-state index contributed by atoms with van der Waals surface area (Å²) in [5.74, 6) is 2.59. The molecule has 1 fully saturated rings. The molecule has 0 spiro atoms. The summed E-state index contributed by atoms with van der Waals surface area (Å²) in [5.41, 5.74) is 1.30. The molecule has 0 amide bonds. The molecule has 0 bridgehead atoms. The van der Waals surface area contributed by atoms with E-state index in [1.807, 2.05) is 6.07 Å². The third-order valence-corrected chi connectivity index (χ3v) is 5.05. The summed E-state index contributed by atoms with van der Waals surface area (Å²) in [4.78, 5) is 0.557. The summed E-state index contributed by atoms with van der Waals surface area (Å²) in [5, 5.41) is 0. The zero-order chi connectivity index (χ0) is 14.4. The van der Waals surface area contributed by atoms with Crippen LogP contribution in [0.25, 0.3) is 0 Å². The van der Waals surface area contributed by atoms with Crippen molar-refractivity contribution in [2.24, 2.45) is 5.92 Å². The van der Waals surface area contributed by atoms with E-state index in [-0.39, 0.29) is 0 Å². The molecule has 20 heavy (non-hydrogen) atoms. The van der Waals surface area contributed by atoms with Crippen LogP contribution in [0.5, 0.6) is 11.5 Å². The van der Waals surface area contributed by atoms with Crippen LogP contribution in [0.4, 0.5) is 0 Å². The van der Waals surface area contributed by atoms with Crippen molar-refractivity contribution in [2.75, 3.05) is 14.2 Å². The Morgan fingerprint density at radius 2 is 1.85 bits per heavy atom. The molecule has 1 aliphatic rings. The minimum atomic E-state index is 0.557. The molecule has 1 saturated carbocycles. The summed E-state index contributed by atoms with van der Waals surface area (Å²) >= 11 is 3.83. The number of methoxy groups -OCH3 is 2. The molecule has 1 aromatic rings. The average molecular weight is 341 g/mol. The maximum Gasteiger partial charge on any atom is 0.160 e. The van der Waals surface area contributed by atoms with Crippen molar-refractivity contribution in [3.8, 4) is 11.5 Å². The first-order valence-corrected chi connectivity index (χ1v) is 8.49. The normalized spacial score (nSPS) is 17.1. The molecule has 0 saturated heterocycles. The van der Waals surface area contributed by atoms with Crippen molar-refractivity contribution in [1.29, 1.82) is 0 Å². The Morgan fingerprint density at radius 1 is 1.15 bits per heavy atom. The zero-order valence-electron chi connectivity index (χ0n) is 12.5. The van der Waals surface area contributed by atoms with Crippen LogP contribution in [0.15, 0.2) is 18.2 Å². The lowest BCUT2D eigenvalue weighted by Crippen LogP contribution is -2.06. The molecule has 0 aromatic heterocycles. The van der Waals surface area contributed by atoms with Gasteiger partial charge in [0, 0.05) is 4.83 Å². The third-order valence-electron chi connectivity index (χ3n) is 4.27. The molecular weight excluding hydrogens is 316 g/mol. The zero-order valence-corrected chi connectivity index (χ0v) is 14.1. The first-order valence-electron chi connectivity index (χ1n) is 7.58. The number of hydrogen-bond acceptors (Lipinski definition) is 2. The van der Waals surface area contributed by atoms with E-state index in [1.54, 1.807) is 14.2 Å². The van der Waals surface area contributed by atoms with Crippen LogP contribution < -0.4 is 9.47 Å². The number of rotatable bonds is 7. The van der Waals surface area contributed by atoms with Crippen molar-refractivity contribution >= 4 is 15.9 Å². The number of halogens is 1. The highest BCUT2D eigenvalue weighted by atomic mass is 79.9. The van der Waals surface area contributed by atoms with Gasteiger partial charge in [0.25, 0.3) is 0 Å². The van der Waals surface area contributed by atoms with Crippen LogP contribution in [-0.2, 0) is 6.42 Å². The molecule has 1 atom stereocenters. The van der Waals surface area contributed by atoms with E-state index in [2.05, 4.69) is 28.1 Å². The van der Waals surface area contributed by atoms with Crippen LogP contribution in [0.2, 0.25) is 0 Å². The van der Waals surface area contributed by atoms with E-state index in [0.717, 1.165) is 23.8 Å². The molecule has 2 rings (SSSR count). The average Bonchev–Trinajstić information content (AvgIpc) is 2.98. The lowest BCUT2D eigenvalue weighted by atomic mass is 9.98. The summed E-state index contributed by atoms with van der Waals surface area (Å²) < 4.78 is 10.6. The molecule has 3 heteroatoms. The first kappa shape index (κ1) is 15.7. The van der Waals surface area contributed by atoms with Crippen molar-refractivity contribution in [2.45, 2.75) is 49.8 Å². The highest BCUT2D eigenvalue weighted by molar-refractivity contribution is 9.09. The van der Waals surface area contributed by atoms with Gasteiger partial charge in [0.15, 0.2) is 11.5 Å². The Hall–Kier alpha value is -0.700. The highest BCUT2D eigenvalue weighted by Crippen LogP contribution is 2.32. The van der Waals surface area contributed by atoms with Crippen LogP contribution in [0.3, 0.4) is 0 Å². The standard InChI is InChI=1S/C17H25BrO2/c1-19-16-10-8-14(12-17(16)20-2)11-15(18)9-7-13-5-3-4-6-13/h8,10,12-13,15H,3-7,9,11H2,1-2H3. The minimum absolute atomic E-state index is 0.557. The molecule has 0 aliphatic heterocycles. The molecule has 0 heterocycles. The van der Waals surface area contributed by atoms with E-state index >= 15 is 0 Å². The van der Waals surface area contributed by atoms with E-state index in [1.165, 1.54) is 44.1 Å². The Kier molecular flexibility index (Phi) is 6.21. The van der Waals surface area contributed by atoms with Gasteiger partial charge < -0.3 is 9.47 Å². The van der Waals surface area contributed by atoms with Gasteiger partial charge in [0.2, 0.25) is 0 Å². The second kappa shape index (κ2) is 7.92. The van der Waals surface area contributed by atoms with Gasteiger partial charge >= 0.3 is 0 Å². The lowest BCUT2D eigenvalue weighted by Gasteiger charge is -2.14. The number of hydrogen-bond donors (Lipinski definition) is 0. The maximum atomic E-state index is 5.36. The van der Waals surface area contributed by atoms with Gasteiger partial charge in [-0.25, -0.2) is 0 Å². The first-order chi connectivity index (χ1) is 9.72. The van der Waals surface area contributed by atoms with Crippen molar-refractivity contribution < 1.29 is 9.47 Å². The van der Waals surface area contributed by atoms with E-state index < -0.39 is 0 Å². The van der Waals surface area contributed by atoms with Gasteiger partial charge in [0.1, 0.15) is 0 Å². The smallest absolute Gasteiger partial charge is 0.160 e. The molecule has 1 aliphatic carbocycles. The van der Waals surface area contributed by atoms with E-state index in [0.29, 0.717) is 4.83 Å². The molecule has 2 nitrogen and oxygen atoms in total. The van der Waals surface area contributed by atoms with Crippen molar-refractivity contribution in [1.82, 2.24) is 0 Å². The Balaban J connectivity index is 1.85. The predicted molar refractivity (Wildman–Crippen MR) is 87.2 cm³/mol. The SMILES string of the molecule is COc1ccc(CC(Br)CCC2CCCC2)cc1OC. The van der Waals surface area contributed by atoms with E-state index in [4.69, 9.17) is 9.47 Å². The quantitative estimate of drug-likeness (QED) is 0.651. The van der Waals surface area contributed by atoms with Gasteiger partial charge in [0.05, 0.1) is 14.2 Å². The van der Waals surface area contributed by atoms with Gasteiger partial charge in [-0.3, -0.25) is 0 Å². The van der Waals surface area contributed by atoms with Gasteiger partial charge in [-0.1, -0.05) is 47.7 Å². The van der Waals surface area contributed by atoms with Crippen LogP contribution >= 0.6 is 15.9 Å². The lowest BCUT2D eigenvalue weighted by molar-refractivity contribution is 0.354. The fourth-order valence-electron chi connectivity index (χ4n) is 3.08. The van der Waals surface area contributed by atoms with Crippen LogP contribution in [0, 0.1) is 5.92 Å². The maximum absolute atomic E-state index is 5.36. The Labute approximate surface area is 131 Å². The molecule has 1 aromatic carbocycles. The summed E-state index contributed by atoms with van der Waals surface area (Å²) in [6.07, 6.45) is 9.43. The molecule has 112 valence electrons. The molecule has 0 N–H and O–H groups in total. The van der Waals surface area contributed by atoms with Gasteiger partial charge in [-0.05, 0) is 42.9 Å². The number of benzene rings is 1. The predicted octanol–water partition coefficient (Wildman–Crippen LogP) is 4.98. The molecule has 0 radical (unpaired) electrons. The molecular formula is C17H25BrO2.